The summed E-state index contributed by atoms with van der Waals surface area (Å²) >= 11 is 0. The Balaban J connectivity index is 1.43. The van der Waals surface area contributed by atoms with Crippen molar-refractivity contribution < 1.29 is 27.1 Å². The minimum Gasteiger partial charge on any atom is -0.492 e. The van der Waals surface area contributed by atoms with Crippen LogP contribution >= 0.6 is 0 Å². The largest absolute Gasteiger partial charge is 0.492 e. The molecular formula is C25H25FN2O5S. The number of aromatic nitrogens is 1. The first kappa shape index (κ1) is 23.7. The molecule has 0 atom stereocenters. The Kier molecular flexibility index (Phi) is 6.83. The summed E-state index contributed by atoms with van der Waals surface area (Å²) in [6.45, 7) is 2.73. The van der Waals surface area contributed by atoms with Crippen molar-refractivity contribution in [2.45, 2.75) is 26.4 Å². The molecule has 1 aliphatic carbocycles. The third kappa shape index (κ3) is 6.54. The monoisotopic (exact) mass is 484 g/mol. The minimum absolute atomic E-state index is 0.136. The first-order valence-electron chi connectivity index (χ1n) is 10.8. The van der Waals surface area contributed by atoms with Gasteiger partial charge < -0.3 is 9.47 Å². The highest BCUT2D eigenvalue weighted by Gasteiger charge is 2.22. The van der Waals surface area contributed by atoms with E-state index in [0.29, 0.717) is 35.3 Å². The van der Waals surface area contributed by atoms with Gasteiger partial charge in [0.05, 0.1) is 24.8 Å². The number of benzene rings is 2. The molecule has 0 aliphatic heterocycles. The van der Waals surface area contributed by atoms with Crippen LogP contribution < -0.4 is 14.2 Å². The van der Waals surface area contributed by atoms with Crippen molar-refractivity contribution in [3.8, 4) is 22.8 Å². The SMILES string of the molecule is Cc1cc(OCC2CC2)cnc1-c1cc(F)cc(OCc2ccc(C(=O)NS(C)(=O)=O)cc2)c1. The van der Waals surface area contributed by atoms with Gasteiger partial charge in [-0.15, -0.1) is 0 Å². The molecule has 1 heterocycles. The van der Waals surface area contributed by atoms with Gasteiger partial charge in [-0.05, 0) is 67.1 Å². The number of rotatable bonds is 9. The van der Waals surface area contributed by atoms with Gasteiger partial charge >= 0.3 is 0 Å². The lowest BCUT2D eigenvalue weighted by molar-refractivity contribution is 0.0981. The summed E-state index contributed by atoms with van der Waals surface area (Å²) in [7, 11) is -3.64. The Morgan fingerprint density at radius 1 is 1.09 bits per heavy atom. The van der Waals surface area contributed by atoms with Crippen LogP contribution in [-0.4, -0.2) is 32.2 Å². The van der Waals surface area contributed by atoms with Crippen molar-refractivity contribution in [1.29, 1.82) is 0 Å². The predicted octanol–water partition coefficient (Wildman–Crippen LogP) is 4.25. The molecule has 0 unspecified atom stereocenters. The Labute approximate surface area is 198 Å². The van der Waals surface area contributed by atoms with E-state index in [1.54, 1.807) is 24.4 Å². The van der Waals surface area contributed by atoms with Gasteiger partial charge in [-0.25, -0.2) is 17.5 Å². The molecule has 9 heteroatoms. The van der Waals surface area contributed by atoms with Crippen LogP contribution in [-0.2, 0) is 16.6 Å². The van der Waals surface area contributed by atoms with Crippen LogP contribution in [0.3, 0.4) is 0 Å². The van der Waals surface area contributed by atoms with Crippen molar-refractivity contribution in [1.82, 2.24) is 9.71 Å². The molecule has 1 amide bonds. The standard InChI is InChI=1S/C25H25FN2O5S/c1-16-9-23(33-15-17-3-4-17)13-27-24(16)20-10-21(26)12-22(11-20)32-14-18-5-7-19(8-6-18)25(29)28-34(2,30)31/h5-13,17H,3-4,14-15H2,1-2H3,(H,28,29). The van der Waals surface area contributed by atoms with Gasteiger partial charge in [0.1, 0.15) is 23.9 Å². The first-order valence-corrected chi connectivity index (χ1v) is 12.7. The maximum absolute atomic E-state index is 14.3. The third-order valence-electron chi connectivity index (χ3n) is 5.28. The van der Waals surface area contributed by atoms with E-state index in [1.165, 1.54) is 37.1 Å². The number of hydrogen-bond acceptors (Lipinski definition) is 6. The summed E-state index contributed by atoms with van der Waals surface area (Å²) in [4.78, 5) is 16.4. The van der Waals surface area contributed by atoms with Gasteiger partial charge in [0, 0.05) is 17.2 Å². The van der Waals surface area contributed by atoms with E-state index in [2.05, 4.69) is 4.98 Å². The van der Waals surface area contributed by atoms with Crippen LogP contribution in [0, 0.1) is 18.7 Å². The lowest BCUT2D eigenvalue weighted by Gasteiger charge is -2.12. The van der Waals surface area contributed by atoms with Crippen LogP contribution in [0.2, 0.25) is 0 Å². The summed E-state index contributed by atoms with van der Waals surface area (Å²) in [5, 5.41) is 0. The van der Waals surface area contributed by atoms with Gasteiger partial charge in [-0.2, -0.15) is 0 Å². The fourth-order valence-corrected chi connectivity index (χ4v) is 3.81. The molecule has 7 nitrogen and oxygen atoms in total. The van der Waals surface area contributed by atoms with Crippen LogP contribution in [0.15, 0.2) is 54.7 Å². The molecule has 0 radical (unpaired) electrons. The molecule has 4 rings (SSSR count). The maximum Gasteiger partial charge on any atom is 0.264 e. The van der Waals surface area contributed by atoms with E-state index < -0.39 is 21.7 Å². The molecule has 1 saturated carbocycles. The van der Waals surface area contributed by atoms with E-state index in [0.717, 1.165) is 17.4 Å². The summed E-state index contributed by atoms with van der Waals surface area (Å²) in [6, 6.07) is 12.6. The second-order valence-corrected chi connectivity index (χ2v) is 10.2. The van der Waals surface area contributed by atoms with E-state index in [-0.39, 0.29) is 12.2 Å². The highest BCUT2D eigenvalue weighted by Crippen LogP contribution is 2.31. The highest BCUT2D eigenvalue weighted by molar-refractivity contribution is 7.89. The number of carbonyl (C=O) groups is 1. The number of halogens is 1. The fraction of sp³-hybridized carbons (Fsp3) is 0.280. The fourth-order valence-electron chi connectivity index (χ4n) is 3.36. The normalized spacial score (nSPS) is 13.4. The molecule has 2 aromatic carbocycles. The Morgan fingerprint density at radius 2 is 1.82 bits per heavy atom. The van der Waals surface area contributed by atoms with Crippen LogP contribution in [0.25, 0.3) is 11.3 Å². The number of ether oxygens (including phenoxy) is 2. The molecular weight excluding hydrogens is 459 g/mol. The first-order chi connectivity index (χ1) is 16.2. The molecule has 3 aromatic rings. The minimum atomic E-state index is -3.64. The molecule has 0 bridgehead atoms. The summed E-state index contributed by atoms with van der Waals surface area (Å²) in [5.74, 6) is 0.523. The van der Waals surface area contributed by atoms with Gasteiger partial charge in [0.25, 0.3) is 5.91 Å². The molecule has 1 N–H and O–H groups in total. The van der Waals surface area contributed by atoms with Crippen LogP contribution in [0.5, 0.6) is 11.5 Å². The van der Waals surface area contributed by atoms with Gasteiger partial charge in [0.15, 0.2) is 0 Å². The molecule has 0 saturated heterocycles. The van der Waals surface area contributed by atoms with E-state index >= 15 is 0 Å². The smallest absolute Gasteiger partial charge is 0.264 e. The van der Waals surface area contributed by atoms with Crippen molar-refractivity contribution in [3.05, 3.63) is 77.2 Å². The topological polar surface area (TPSA) is 94.6 Å². The third-order valence-corrected chi connectivity index (χ3v) is 5.84. The van der Waals surface area contributed by atoms with Crippen LogP contribution in [0.1, 0.15) is 34.3 Å². The Morgan fingerprint density at radius 3 is 2.47 bits per heavy atom. The van der Waals surface area contributed by atoms with Crippen molar-refractivity contribution in [3.63, 3.8) is 0 Å². The average Bonchev–Trinajstić information content (AvgIpc) is 3.60. The number of sulfonamides is 1. The zero-order valence-electron chi connectivity index (χ0n) is 18.9. The quantitative estimate of drug-likeness (QED) is 0.488. The number of carbonyl (C=O) groups excluding carboxylic acids is 1. The number of aryl methyl sites for hydroxylation is 1. The molecule has 1 aromatic heterocycles. The summed E-state index contributed by atoms with van der Waals surface area (Å²) < 4.78 is 50.2. The zero-order valence-corrected chi connectivity index (χ0v) is 19.7. The van der Waals surface area contributed by atoms with Gasteiger partial charge in [0.2, 0.25) is 10.0 Å². The Hall–Kier alpha value is -3.46. The van der Waals surface area contributed by atoms with E-state index in [1.807, 2.05) is 17.7 Å². The summed E-state index contributed by atoms with van der Waals surface area (Å²) in [5.41, 5.74) is 3.03. The number of nitrogens with one attached hydrogen (secondary N) is 1. The number of nitrogens with zero attached hydrogens (tertiary/aromatic N) is 1. The van der Waals surface area contributed by atoms with Gasteiger partial charge in [-0.1, -0.05) is 12.1 Å². The lowest BCUT2D eigenvalue weighted by atomic mass is 10.1. The number of amides is 1. The van der Waals surface area contributed by atoms with Crippen molar-refractivity contribution >= 4 is 15.9 Å². The maximum atomic E-state index is 14.3. The number of hydrogen-bond donors (Lipinski definition) is 1. The predicted molar refractivity (Wildman–Crippen MR) is 126 cm³/mol. The molecule has 34 heavy (non-hydrogen) atoms. The average molecular weight is 485 g/mol. The van der Waals surface area contributed by atoms with Crippen molar-refractivity contribution in [2.24, 2.45) is 5.92 Å². The molecule has 1 fully saturated rings. The second kappa shape index (κ2) is 9.80. The zero-order chi connectivity index (χ0) is 24.3. The molecule has 1 aliphatic rings. The van der Waals surface area contributed by atoms with Crippen molar-refractivity contribution in [2.75, 3.05) is 12.9 Å². The molecule has 178 valence electrons. The number of pyridine rings is 1. The van der Waals surface area contributed by atoms with E-state index in [9.17, 15) is 17.6 Å². The van der Waals surface area contributed by atoms with E-state index in [4.69, 9.17) is 9.47 Å². The second-order valence-electron chi connectivity index (χ2n) is 8.46. The highest BCUT2D eigenvalue weighted by atomic mass is 32.2. The van der Waals surface area contributed by atoms with Crippen LogP contribution in [0.4, 0.5) is 4.39 Å². The molecule has 0 spiro atoms. The van der Waals surface area contributed by atoms with Gasteiger partial charge in [-0.3, -0.25) is 9.78 Å². The lowest BCUT2D eigenvalue weighted by Crippen LogP contribution is -2.29. The Bertz CT molecular complexity index is 1310. The summed E-state index contributed by atoms with van der Waals surface area (Å²) in [6.07, 6.45) is 4.98.